The van der Waals surface area contributed by atoms with Crippen LogP contribution in [0.3, 0.4) is 0 Å². The van der Waals surface area contributed by atoms with Crippen LogP contribution >= 0.6 is 0 Å². The van der Waals surface area contributed by atoms with E-state index in [2.05, 4.69) is 39.6 Å². The fourth-order valence-electron chi connectivity index (χ4n) is 4.50. The molecule has 0 spiro atoms. The van der Waals surface area contributed by atoms with Crippen molar-refractivity contribution in [3.63, 3.8) is 0 Å². The van der Waals surface area contributed by atoms with Crippen LogP contribution in [0.15, 0.2) is 48.7 Å². The topological polar surface area (TPSA) is 101 Å². The van der Waals surface area contributed by atoms with E-state index in [1.807, 2.05) is 61.6 Å². The zero-order chi connectivity index (χ0) is 24.0. The molecule has 1 aromatic carbocycles. The van der Waals surface area contributed by atoms with Gasteiger partial charge in [-0.15, -0.1) is 10.2 Å². The number of benzene rings is 1. The molecule has 1 aliphatic heterocycles. The second kappa shape index (κ2) is 8.45. The lowest BCUT2D eigenvalue weighted by Crippen LogP contribution is -2.40. The van der Waals surface area contributed by atoms with Crippen molar-refractivity contribution in [1.82, 2.24) is 29.8 Å². The lowest BCUT2D eigenvalue weighted by Gasteiger charge is -2.24. The molecular weight excluding hydrogens is 426 g/mol. The molecule has 1 fully saturated rings. The number of carbonyl (C=O) groups excluding carboxylic acids is 1. The van der Waals surface area contributed by atoms with Gasteiger partial charge in [0.2, 0.25) is 0 Å². The minimum atomic E-state index is -0.309. The van der Waals surface area contributed by atoms with E-state index < -0.39 is 0 Å². The second-order valence-electron chi connectivity index (χ2n) is 10.2. The highest BCUT2D eigenvalue weighted by Gasteiger charge is 2.25. The quantitative estimate of drug-likeness (QED) is 0.486. The summed E-state index contributed by atoms with van der Waals surface area (Å²) in [7, 11) is 0. The SMILES string of the molecule is C[C@@H](c1ccc2nnc(-c3ccc4ccc(C(=O)NC(C)(C)C)cc4n3)n2c1)N1CC[C@H](N)C1. The Morgan fingerprint density at radius 2 is 1.94 bits per heavy atom. The van der Waals surface area contributed by atoms with Gasteiger partial charge in [0.05, 0.1) is 5.52 Å². The first-order valence-electron chi connectivity index (χ1n) is 11.8. The number of pyridine rings is 2. The Hall–Kier alpha value is -3.36. The Labute approximate surface area is 199 Å². The largest absolute Gasteiger partial charge is 0.347 e. The molecule has 0 bridgehead atoms. The molecule has 4 heterocycles. The van der Waals surface area contributed by atoms with Gasteiger partial charge in [0.25, 0.3) is 5.91 Å². The highest BCUT2D eigenvalue weighted by molar-refractivity contribution is 5.98. The summed E-state index contributed by atoms with van der Waals surface area (Å²) in [6, 6.07) is 14.1. The van der Waals surface area contributed by atoms with Gasteiger partial charge in [-0.25, -0.2) is 4.98 Å². The third-order valence-electron chi connectivity index (χ3n) is 6.38. The first-order valence-corrected chi connectivity index (χ1v) is 11.8. The zero-order valence-corrected chi connectivity index (χ0v) is 20.1. The summed E-state index contributed by atoms with van der Waals surface area (Å²) >= 11 is 0. The highest BCUT2D eigenvalue weighted by Crippen LogP contribution is 2.27. The van der Waals surface area contributed by atoms with Crippen LogP contribution in [0, 0.1) is 0 Å². The van der Waals surface area contributed by atoms with Crippen LogP contribution in [-0.2, 0) is 0 Å². The van der Waals surface area contributed by atoms with Crippen LogP contribution in [-0.4, -0.2) is 55.1 Å². The van der Waals surface area contributed by atoms with Crippen LogP contribution in [0.4, 0.5) is 0 Å². The average molecular weight is 458 g/mol. The molecule has 0 saturated carbocycles. The van der Waals surface area contributed by atoms with E-state index in [4.69, 9.17) is 10.7 Å². The number of likely N-dealkylation sites (tertiary alicyclic amines) is 1. The monoisotopic (exact) mass is 457 g/mol. The number of nitrogens with one attached hydrogen (secondary N) is 1. The predicted molar refractivity (Wildman–Crippen MR) is 134 cm³/mol. The van der Waals surface area contributed by atoms with E-state index in [9.17, 15) is 4.79 Å². The highest BCUT2D eigenvalue weighted by atomic mass is 16.1. The number of aromatic nitrogens is 4. The maximum atomic E-state index is 12.6. The minimum Gasteiger partial charge on any atom is -0.347 e. The first kappa shape index (κ1) is 22.4. The van der Waals surface area contributed by atoms with Crippen molar-refractivity contribution >= 4 is 22.5 Å². The minimum absolute atomic E-state index is 0.116. The number of nitrogens with two attached hydrogens (primary N) is 1. The summed E-state index contributed by atoms with van der Waals surface area (Å²) in [6.07, 6.45) is 3.12. The van der Waals surface area contributed by atoms with Gasteiger partial charge in [0.15, 0.2) is 11.5 Å². The molecule has 5 rings (SSSR count). The van der Waals surface area contributed by atoms with Crippen LogP contribution in [0.2, 0.25) is 0 Å². The van der Waals surface area contributed by atoms with E-state index >= 15 is 0 Å². The molecule has 3 N–H and O–H groups in total. The van der Waals surface area contributed by atoms with Gasteiger partial charge in [-0.1, -0.05) is 18.2 Å². The summed E-state index contributed by atoms with van der Waals surface area (Å²) in [5, 5.41) is 12.7. The van der Waals surface area contributed by atoms with Gasteiger partial charge in [0, 0.05) is 47.9 Å². The number of amides is 1. The molecule has 34 heavy (non-hydrogen) atoms. The summed E-state index contributed by atoms with van der Waals surface area (Å²) in [4.78, 5) is 19.9. The van der Waals surface area contributed by atoms with E-state index in [0.717, 1.165) is 36.1 Å². The molecule has 1 saturated heterocycles. The number of carbonyl (C=O) groups is 1. The summed E-state index contributed by atoms with van der Waals surface area (Å²) in [6.45, 7) is 10.0. The van der Waals surface area contributed by atoms with Crippen molar-refractivity contribution in [2.75, 3.05) is 13.1 Å². The van der Waals surface area contributed by atoms with E-state index in [0.29, 0.717) is 17.1 Å². The predicted octanol–water partition coefficient (Wildman–Crippen LogP) is 3.57. The summed E-state index contributed by atoms with van der Waals surface area (Å²) < 4.78 is 1.99. The summed E-state index contributed by atoms with van der Waals surface area (Å²) in [5.41, 5.74) is 9.80. The van der Waals surface area contributed by atoms with Crippen LogP contribution < -0.4 is 11.1 Å². The van der Waals surface area contributed by atoms with Gasteiger partial charge in [0.1, 0.15) is 5.69 Å². The Morgan fingerprint density at radius 1 is 1.15 bits per heavy atom. The Balaban J connectivity index is 1.50. The van der Waals surface area contributed by atoms with Crippen molar-refractivity contribution in [3.8, 4) is 11.5 Å². The number of nitrogens with zero attached hydrogens (tertiary/aromatic N) is 5. The van der Waals surface area contributed by atoms with Gasteiger partial charge in [-0.2, -0.15) is 0 Å². The molecule has 3 aromatic heterocycles. The van der Waals surface area contributed by atoms with E-state index in [1.54, 1.807) is 0 Å². The van der Waals surface area contributed by atoms with Crippen molar-refractivity contribution in [2.24, 2.45) is 5.73 Å². The first-order chi connectivity index (χ1) is 16.2. The number of hydrogen-bond acceptors (Lipinski definition) is 6. The number of rotatable bonds is 4. The van der Waals surface area contributed by atoms with Gasteiger partial charge in [-0.3, -0.25) is 14.1 Å². The lowest BCUT2D eigenvalue weighted by atomic mass is 10.1. The van der Waals surface area contributed by atoms with Crippen molar-refractivity contribution in [1.29, 1.82) is 0 Å². The van der Waals surface area contributed by atoms with Crippen LogP contribution in [0.1, 0.15) is 56.1 Å². The molecule has 1 amide bonds. The molecule has 176 valence electrons. The summed E-state index contributed by atoms with van der Waals surface area (Å²) in [5.74, 6) is 0.559. The molecule has 4 aromatic rings. The zero-order valence-electron chi connectivity index (χ0n) is 20.1. The molecule has 0 unspecified atom stereocenters. The maximum absolute atomic E-state index is 12.6. The fourth-order valence-corrected chi connectivity index (χ4v) is 4.50. The van der Waals surface area contributed by atoms with Crippen LogP contribution in [0.25, 0.3) is 28.1 Å². The van der Waals surface area contributed by atoms with E-state index in [-0.39, 0.29) is 23.5 Å². The third-order valence-corrected chi connectivity index (χ3v) is 6.38. The third kappa shape index (κ3) is 4.38. The van der Waals surface area contributed by atoms with Gasteiger partial charge in [-0.05, 0) is 63.9 Å². The number of fused-ring (bicyclic) bond motifs is 2. The lowest BCUT2D eigenvalue weighted by molar-refractivity contribution is 0.0919. The van der Waals surface area contributed by atoms with Gasteiger partial charge < -0.3 is 11.1 Å². The van der Waals surface area contributed by atoms with Crippen molar-refractivity contribution in [3.05, 3.63) is 59.8 Å². The Morgan fingerprint density at radius 3 is 2.68 bits per heavy atom. The van der Waals surface area contributed by atoms with Crippen molar-refractivity contribution in [2.45, 2.75) is 51.7 Å². The molecule has 0 radical (unpaired) electrons. The molecule has 2 atom stereocenters. The van der Waals surface area contributed by atoms with Gasteiger partial charge >= 0.3 is 0 Å². The standard InChI is InChI=1S/C26H31N7O/c1-16(32-12-11-20(27)15-32)19-8-10-23-30-31-24(33(23)14-19)21-9-7-17-5-6-18(13-22(17)28-21)25(34)29-26(2,3)4/h5-10,13-14,16,20H,11-12,15,27H2,1-4H3,(H,29,34)/t16-,20-/m0/s1. The Bertz CT molecular complexity index is 1370. The normalized spacial score (nSPS) is 18.0. The van der Waals surface area contributed by atoms with E-state index in [1.165, 1.54) is 5.56 Å². The van der Waals surface area contributed by atoms with Crippen LogP contribution in [0.5, 0.6) is 0 Å². The maximum Gasteiger partial charge on any atom is 0.251 e. The number of hydrogen-bond donors (Lipinski definition) is 2. The fraction of sp³-hybridized carbons (Fsp3) is 0.385. The second-order valence-corrected chi connectivity index (χ2v) is 10.2. The molecule has 8 heteroatoms. The Kier molecular flexibility index (Phi) is 5.58. The molecular formula is C26H31N7O. The smallest absolute Gasteiger partial charge is 0.251 e. The average Bonchev–Trinajstić information content (AvgIpc) is 3.42. The molecule has 0 aliphatic carbocycles. The van der Waals surface area contributed by atoms with Crippen molar-refractivity contribution < 1.29 is 4.79 Å². The molecule has 1 aliphatic rings. The molecule has 8 nitrogen and oxygen atoms in total.